The molecule has 166 valence electrons. The Labute approximate surface area is 189 Å². The number of carbonyl (C=O) groups is 1. The van der Waals surface area contributed by atoms with Gasteiger partial charge in [0.15, 0.2) is 0 Å². The van der Waals surface area contributed by atoms with E-state index in [4.69, 9.17) is 9.47 Å². The first-order chi connectivity index (χ1) is 15.6. The zero-order valence-corrected chi connectivity index (χ0v) is 18.4. The number of benzene rings is 2. The average molecular weight is 454 g/mol. The number of nitro benzene ring substituents is 1. The smallest absolute Gasteiger partial charge is 0.270 e. The molecule has 2 heterocycles. The Morgan fingerprint density at radius 3 is 2.56 bits per heavy atom. The van der Waals surface area contributed by atoms with Gasteiger partial charge in [0.1, 0.15) is 5.75 Å². The zero-order valence-electron chi connectivity index (χ0n) is 17.6. The van der Waals surface area contributed by atoms with Gasteiger partial charge in [-0.25, -0.2) is 0 Å². The largest absolute Gasteiger partial charge is 0.497 e. The van der Waals surface area contributed by atoms with Crippen molar-refractivity contribution in [3.63, 3.8) is 0 Å². The maximum Gasteiger partial charge on any atom is 0.270 e. The van der Waals surface area contributed by atoms with Crippen LogP contribution in [0.4, 0.5) is 17.1 Å². The third-order valence-electron chi connectivity index (χ3n) is 5.30. The highest BCUT2D eigenvalue weighted by Crippen LogP contribution is 2.31. The lowest BCUT2D eigenvalue weighted by Crippen LogP contribution is -2.38. The molecule has 1 fully saturated rings. The molecule has 0 radical (unpaired) electrons. The number of nitrogens with zero attached hydrogens (tertiary/aromatic N) is 3. The highest BCUT2D eigenvalue weighted by molar-refractivity contribution is 7.09. The Balaban J connectivity index is 1.77. The van der Waals surface area contributed by atoms with Gasteiger partial charge in [-0.15, -0.1) is 11.3 Å². The van der Waals surface area contributed by atoms with Crippen LogP contribution in [0.1, 0.15) is 15.2 Å². The number of anilines is 2. The molecule has 0 bridgehead atoms. The van der Waals surface area contributed by atoms with E-state index in [0.29, 0.717) is 55.5 Å². The highest BCUT2D eigenvalue weighted by atomic mass is 32.1. The summed E-state index contributed by atoms with van der Waals surface area (Å²) in [6.07, 6.45) is 0. The van der Waals surface area contributed by atoms with Crippen LogP contribution in [-0.2, 0) is 11.3 Å². The van der Waals surface area contributed by atoms with Crippen molar-refractivity contribution in [2.75, 3.05) is 43.2 Å². The predicted molar refractivity (Wildman–Crippen MR) is 124 cm³/mol. The topological polar surface area (TPSA) is 85.1 Å². The van der Waals surface area contributed by atoms with Crippen LogP contribution in [0.15, 0.2) is 60.0 Å². The van der Waals surface area contributed by atoms with E-state index in [1.165, 1.54) is 12.1 Å². The van der Waals surface area contributed by atoms with E-state index in [1.807, 2.05) is 34.5 Å². The molecule has 2 aromatic carbocycles. The first kappa shape index (κ1) is 21.8. The number of non-ortho nitro benzene ring substituents is 1. The summed E-state index contributed by atoms with van der Waals surface area (Å²) in [5.41, 5.74) is 1.54. The summed E-state index contributed by atoms with van der Waals surface area (Å²) in [6, 6.07) is 15.6. The molecule has 1 aliphatic rings. The van der Waals surface area contributed by atoms with Crippen LogP contribution in [0.5, 0.6) is 5.75 Å². The Morgan fingerprint density at radius 1 is 1.19 bits per heavy atom. The molecule has 32 heavy (non-hydrogen) atoms. The Bertz CT molecular complexity index is 1080. The van der Waals surface area contributed by atoms with Gasteiger partial charge in [0.2, 0.25) is 0 Å². The molecule has 0 saturated carbocycles. The maximum absolute atomic E-state index is 13.9. The number of amides is 1. The molecule has 1 aromatic heterocycles. The van der Waals surface area contributed by atoms with Crippen molar-refractivity contribution < 1.29 is 19.2 Å². The van der Waals surface area contributed by atoms with E-state index in [2.05, 4.69) is 0 Å². The molecule has 9 heteroatoms. The highest BCUT2D eigenvalue weighted by Gasteiger charge is 2.27. The third-order valence-corrected chi connectivity index (χ3v) is 6.16. The lowest BCUT2D eigenvalue weighted by atomic mass is 10.1. The van der Waals surface area contributed by atoms with Crippen molar-refractivity contribution in [1.29, 1.82) is 0 Å². The zero-order chi connectivity index (χ0) is 22.5. The van der Waals surface area contributed by atoms with Crippen LogP contribution in [0.25, 0.3) is 0 Å². The van der Waals surface area contributed by atoms with E-state index in [0.717, 1.165) is 4.88 Å². The number of carbonyl (C=O) groups excluding carboxylic acids is 1. The third kappa shape index (κ3) is 4.74. The molecule has 1 aliphatic heterocycles. The molecule has 1 amide bonds. The quantitative estimate of drug-likeness (QED) is 0.391. The fraction of sp³-hybridized carbons (Fsp3) is 0.261. The first-order valence-electron chi connectivity index (χ1n) is 10.2. The molecular weight excluding hydrogens is 430 g/mol. The summed E-state index contributed by atoms with van der Waals surface area (Å²) < 4.78 is 10.7. The van der Waals surface area contributed by atoms with Gasteiger partial charge in [-0.05, 0) is 41.8 Å². The summed E-state index contributed by atoms with van der Waals surface area (Å²) in [4.78, 5) is 29.6. The van der Waals surface area contributed by atoms with Crippen molar-refractivity contribution in [2.24, 2.45) is 0 Å². The number of morpholine rings is 1. The van der Waals surface area contributed by atoms with E-state index < -0.39 is 4.92 Å². The van der Waals surface area contributed by atoms with Crippen molar-refractivity contribution in [2.45, 2.75) is 6.54 Å². The molecular formula is C23H23N3O5S. The van der Waals surface area contributed by atoms with Gasteiger partial charge in [-0.3, -0.25) is 14.9 Å². The second kappa shape index (κ2) is 9.80. The van der Waals surface area contributed by atoms with Gasteiger partial charge in [0, 0.05) is 35.8 Å². The maximum atomic E-state index is 13.9. The van der Waals surface area contributed by atoms with E-state index in [1.54, 1.807) is 41.5 Å². The number of hydrogen-bond acceptors (Lipinski definition) is 7. The van der Waals surface area contributed by atoms with E-state index in [9.17, 15) is 14.9 Å². The van der Waals surface area contributed by atoms with Gasteiger partial charge in [-0.2, -0.15) is 0 Å². The van der Waals surface area contributed by atoms with Crippen LogP contribution in [0.3, 0.4) is 0 Å². The fourth-order valence-corrected chi connectivity index (χ4v) is 4.33. The fourth-order valence-electron chi connectivity index (χ4n) is 3.64. The van der Waals surface area contributed by atoms with Crippen LogP contribution >= 0.6 is 11.3 Å². The molecule has 3 aromatic rings. The minimum Gasteiger partial charge on any atom is -0.497 e. The van der Waals surface area contributed by atoms with E-state index >= 15 is 0 Å². The molecule has 0 unspecified atom stereocenters. The van der Waals surface area contributed by atoms with Gasteiger partial charge < -0.3 is 19.3 Å². The molecule has 1 saturated heterocycles. The second-order valence-electron chi connectivity index (χ2n) is 7.23. The summed E-state index contributed by atoms with van der Waals surface area (Å²) in [7, 11) is 1.58. The molecule has 0 N–H and O–H groups in total. The number of thiophene rings is 1. The molecule has 4 rings (SSSR count). The van der Waals surface area contributed by atoms with Crippen LogP contribution < -0.4 is 14.5 Å². The summed E-state index contributed by atoms with van der Waals surface area (Å²) in [6.45, 7) is 2.68. The number of ether oxygens (including phenoxy) is 2. The van der Waals surface area contributed by atoms with Crippen LogP contribution in [0, 0.1) is 10.1 Å². The monoisotopic (exact) mass is 453 g/mol. The number of methoxy groups -OCH3 is 1. The van der Waals surface area contributed by atoms with Crippen molar-refractivity contribution in [3.05, 3.63) is 80.5 Å². The minimum absolute atomic E-state index is 0.115. The lowest BCUT2D eigenvalue weighted by molar-refractivity contribution is -0.384. The van der Waals surface area contributed by atoms with Crippen LogP contribution in [-0.4, -0.2) is 44.2 Å². The van der Waals surface area contributed by atoms with E-state index in [-0.39, 0.29) is 11.6 Å². The molecule has 0 spiro atoms. The summed E-state index contributed by atoms with van der Waals surface area (Å²) in [5.74, 6) is 0.385. The first-order valence-corrected chi connectivity index (χ1v) is 11.0. The standard InChI is InChI=1S/C23H23N3O5S/c1-30-19-7-4-17(5-8-19)25(16-20-3-2-14-32-20)23(27)21-15-18(26(28)29)6-9-22(21)24-10-12-31-13-11-24/h2-9,14-15H,10-13,16H2,1H3. The lowest BCUT2D eigenvalue weighted by Gasteiger charge is -2.31. The second-order valence-corrected chi connectivity index (χ2v) is 8.26. The van der Waals surface area contributed by atoms with Crippen LogP contribution in [0.2, 0.25) is 0 Å². The summed E-state index contributed by atoms with van der Waals surface area (Å²) >= 11 is 1.55. The number of rotatable bonds is 7. The van der Waals surface area contributed by atoms with Gasteiger partial charge in [0.05, 0.1) is 43.0 Å². The number of nitro groups is 1. The normalized spacial score (nSPS) is 13.6. The molecule has 8 nitrogen and oxygen atoms in total. The minimum atomic E-state index is -0.475. The Kier molecular flexibility index (Phi) is 6.67. The Hall–Kier alpha value is -3.43. The Morgan fingerprint density at radius 2 is 1.94 bits per heavy atom. The van der Waals surface area contributed by atoms with Gasteiger partial charge in [0.25, 0.3) is 11.6 Å². The SMILES string of the molecule is COc1ccc(N(Cc2cccs2)C(=O)c2cc([N+](=O)[O-])ccc2N2CCOCC2)cc1. The number of hydrogen-bond donors (Lipinski definition) is 0. The van der Waals surface area contributed by atoms with Crippen molar-refractivity contribution in [1.82, 2.24) is 0 Å². The molecule has 0 aliphatic carbocycles. The summed E-state index contributed by atoms with van der Waals surface area (Å²) in [5, 5.41) is 13.4. The van der Waals surface area contributed by atoms with Crippen molar-refractivity contribution >= 4 is 34.3 Å². The van der Waals surface area contributed by atoms with Crippen molar-refractivity contribution in [3.8, 4) is 5.75 Å². The van der Waals surface area contributed by atoms with Gasteiger partial charge >= 0.3 is 0 Å². The predicted octanol–water partition coefficient (Wildman–Crippen LogP) is 4.35. The average Bonchev–Trinajstić information content (AvgIpc) is 3.36. The van der Waals surface area contributed by atoms with Gasteiger partial charge in [-0.1, -0.05) is 6.07 Å². The molecule has 0 atom stereocenters.